The zero-order chi connectivity index (χ0) is 37.1. The zero-order valence-corrected chi connectivity index (χ0v) is 31.1. The van der Waals surface area contributed by atoms with Gasteiger partial charge in [0.1, 0.15) is 5.60 Å². The van der Waals surface area contributed by atoms with E-state index in [1.807, 2.05) is 55.4 Å². The number of halogens is 3. The molecular weight excluding hydrogens is 625 g/mol. The molecule has 5 unspecified atom stereocenters. The van der Waals surface area contributed by atoms with Crippen molar-refractivity contribution >= 4 is 17.9 Å². The van der Waals surface area contributed by atoms with Crippen LogP contribution in [0, 0.1) is 16.2 Å². The van der Waals surface area contributed by atoms with Crippen LogP contribution >= 0.6 is 0 Å². The van der Waals surface area contributed by atoms with Crippen LogP contribution < -0.4 is 0 Å². The van der Waals surface area contributed by atoms with Crippen molar-refractivity contribution in [2.24, 2.45) is 16.2 Å². The monoisotopic (exact) mass is 686 g/mol. The lowest BCUT2D eigenvalue weighted by atomic mass is 9.90. The van der Waals surface area contributed by atoms with Crippen LogP contribution in [0.15, 0.2) is 0 Å². The SMILES string of the molecule is CCC(C)(C)C(=O)OC(C)OC(C)C(F)(F)F.CCC(C)(C)C(=O)OC1(C)COC(C)(OC)C1.CCC(C)(C)C(=O)OC1CCCO1. The Hall–Kier alpha value is -1.96. The molecule has 0 aliphatic carbocycles. The van der Waals surface area contributed by atoms with E-state index < -0.39 is 46.8 Å². The van der Waals surface area contributed by atoms with E-state index in [0.717, 1.165) is 32.6 Å². The second kappa shape index (κ2) is 18.2. The molecule has 2 aliphatic heterocycles. The first-order valence-electron chi connectivity index (χ1n) is 16.4. The summed E-state index contributed by atoms with van der Waals surface area (Å²) in [6.45, 7) is 23.6. The van der Waals surface area contributed by atoms with E-state index in [4.69, 9.17) is 28.4 Å². The number of esters is 3. The molecule has 0 spiro atoms. The number of carbonyl (C=O) groups excluding carboxylic acids is 3. The Morgan fingerprint density at radius 1 is 0.851 bits per heavy atom. The Morgan fingerprint density at radius 2 is 1.34 bits per heavy atom. The highest BCUT2D eigenvalue weighted by Crippen LogP contribution is 2.37. The number of carbonyl (C=O) groups is 3. The average Bonchev–Trinajstić information content (AvgIpc) is 3.60. The third-order valence-corrected chi connectivity index (χ3v) is 8.71. The van der Waals surface area contributed by atoms with Gasteiger partial charge in [-0.05, 0) is 94.9 Å². The largest absolute Gasteiger partial charge is 0.456 e. The maximum Gasteiger partial charge on any atom is 0.414 e. The predicted octanol–water partition coefficient (Wildman–Crippen LogP) is 7.89. The fourth-order valence-corrected chi connectivity index (χ4v) is 3.70. The Bertz CT molecular complexity index is 991. The molecule has 2 aliphatic rings. The molecule has 2 heterocycles. The molecule has 0 aromatic heterocycles. The maximum absolute atomic E-state index is 12.2. The molecule has 2 saturated heterocycles. The molecule has 0 aromatic carbocycles. The highest BCUT2D eigenvalue weighted by molar-refractivity contribution is 5.77. The summed E-state index contributed by atoms with van der Waals surface area (Å²) >= 11 is 0. The van der Waals surface area contributed by atoms with E-state index >= 15 is 0 Å². The first-order chi connectivity index (χ1) is 21.2. The highest BCUT2D eigenvalue weighted by Gasteiger charge is 2.48. The molecule has 47 heavy (non-hydrogen) atoms. The highest BCUT2D eigenvalue weighted by atomic mass is 19.4. The van der Waals surface area contributed by atoms with Crippen molar-refractivity contribution < 1.29 is 60.7 Å². The van der Waals surface area contributed by atoms with Crippen LogP contribution in [0.4, 0.5) is 13.2 Å². The van der Waals surface area contributed by atoms with Crippen molar-refractivity contribution in [3.8, 4) is 0 Å². The number of hydrogen-bond acceptors (Lipinski definition) is 10. The van der Waals surface area contributed by atoms with E-state index in [1.54, 1.807) is 27.9 Å². The van der Waals surface area contributed by atoms with Gasteiger partial charge in [0.25, 0.3) is 0 Å². The van der Waals surface area contributed by atoms with E-state index in [-0.39, 0.29) is 23.6 Å². The molecule has 10 nitrogen and oxygen atoms in total. The maximum atomic E-state index is 12.2. The summed E-state index contributed by atoms with van der Waals surface area (Å²) in [7, 11) is 1.60. The minimum absolute atomic E-state index is 0.151. The summed E-state index contributed by atoms with van der Waals surface area (Å²) in [5.74, 6) is -1.54. The lowest BCUT2D eigenvalue weighted by Crippen LogP contribution is -2.39. The van der Waals surface area contributed by atoms with Crippen molar-refractivity contribution in [2.75, 3.05) is 20.3 Å². The van der Waals surface area contributed by atoms with Gasteiger partial charge in [0, 0.05) is 20.0 Å². The van der Waals surface area contributed by atoms with Gasteiger partial charge in [-0.2, -0.15) is 13.2 Å². The minimum Gasteiger partial charge on any atom is -0.456 e. The lowest BCUT2D eigenvalue weighted by molar-refractivity contribution is -0.260. The van der Waals surface area contributed by atoms with E-state index in [2.05, 4.69) is 4.74 Å². The topological polar surface area (TPSA) is 116 Å². The third-order valence-electron chi connectivity index (χ3n) is 8.71. The summed E-state index contributed by atoms with van der Waals surface area (Å²) in [5.41, 5.74) is -2.14. The van der Waals surface area contributed by atoms with E-state index in [1.165, 1.54) is 6.92 Å². The van der Waals surface area contributed by atoms with Crippen molar-refractivity contribution in [2.45, 2.75) is 165 Å². The Labute approximate surface area is 280 Å². The van der Waals surface area contributed by atoms with Gasteiger partial charge in [0.05, 0.1) is 29.5 Å². The molecule has 0 saturated carbocycles. The third kappa shape index (κ3) is 15.4. The van der Waals surface area contributed by atoms with Gasteiger partial charge >= 0.3 is 24.1 Å². The molecule has 0 aromatic rings. The fraction of sp³-hybridized carbons (Fsp3) is 0.912. The van der Waals surface area contributed by atoms with Crippen molar-refractivity contribution in [1.29, 1.82) is 0 Å². The van der Waals surface area contributed by atoms with Crippen molar-refractivity contribution in [3.63, 3.8) is 0 Å². The number of alkyl halides is 3. The second-order valence-electron chi connectivity index (χ2n) is 14.5. The van der Waals surface area contributed by atoms with Crippen LogP contribution in [-0.2, 0) is 47.5 Å². The zero-order valence-electron chi connectivity index (χ0n) is 31.1. The molecule has 2 fully saturated rings. The van der Waals surface area contributed by atoms with Crippen LogP contribution in [0.3, 0.4) is 0 Å². The lowest BCUT2D eigenvalue weighted by Gasteiger charge is -2.29. The molecule has 0 bridgehead atoms. The Kier molecular flexibility index (Phi) is 17.4. The summed E-state index contributed by atoms with van der Waals surface area (Å²) in [6, 6.07) is 0. The number of hydrogen-bond donors (Lipinski definition) is 0. The van der Waals surface area contributed by atoms with Crippen LogP contribution in [0.25, 0.3) is 0 Å². The first-order valence-corrected chi connectivity index (χ1v) is 16.4. The molecule has 0 radical (unpaired) electrons. The minimum atomic E-state index is -4.46. The molecule has 2 rings (SSSR count). The number of rotatable bonds is 12. The molecule has 0 N–H and O–H groups in total. The van der Waals surface area contributed by atoms with E-state index in [9.17, 15) is 27.6 Å². The standard InChI is InChI=1S/C13H24O4.C11H19F3O3.C10H18O3/c1-7-11(2,3)10(14)17-12(4)8-13(5,15-6)16-9-12;1-6-10(4,5)9(15)17-8(3)16-7(2)11(12,13)14;1-4-10(2,3)9(11)13-8-6-5-7-12-8/h7-9H2,1-6H3;7-8H,6H2,1-5H3;8H,4-7H2,1-3H3. The fourth-order valence-electron chi connectivity index (χ4n) is 3.70. The molecule has 0 amide bonds. The summed E-state index contributed by atoms with van der Waals surface area (Å²) < 4.78 is 72.8. The van der Waals surface area contributed by atoms with Gasteiger partial charge in [0.15, 0.2) is 11.9 Å². The molecule has 13 heteroatoms. The van der Waals surface area contributed by atoms with Gasteiger partial charge < -0.3 is 33.2 Å². The van der Waals surface area contributed by atoms with E-state index in [0.29, 0.717) is 26.1 Å². The number of methoxy groups -OCH3 is 1. The van der Waals surface area contributed by atoms with Crippen molar-refractivity contribution in [3.05, 3.63) is 0 Å². The molecular formula is C34H61F3O10. The average molecular weight is 687 g/mol. The van der Waals surface area contributed by atoms with Gasteiger partial charge in [-0.1, -0.05) is 20.8 Å². The first kappa shape index (κ1) is 45.0. The van der Waals surface area contributed by atoms with Gasteiger partial charge in [-0.3, -0.25) is 14.4 Å². The second-order valence-corrected chi connectivity index (χ2v) is 14.5. The van der Waals surface area contributed by atoms with Crippen LogP contribution in [0.2, 0.25) is 0 Å². The van der Waals surface area contributed by atoms with Gasteiger partial charge in [-0.15, -0.1) is 0 Å². The van der Waals surface area contributed by atoms with Crippen molar-refractivity contribution in [1.82, 2.24) is 0 Å². The molecule has 5 atom stereocenters. The predicted molar refractivity (Wildman–Crippen MR) is 170 cm³/mol. The van der Waals surface area contributed by atoms with Crippen LogP contribution in [-0.4, -0.2) is 74.5 Å². The summed E-state index contributed by atoms with van der Waals surface area (Å²) in [5, 5.41) is 0. The Balaban J connectivity index is 0.000000682. The normalized spacial score (nSPS) is 24.6. The summed E-state index contributed by atoms with van der Waals surface area (Å²) in [4.78, 5) is 35.1. The Morgan fingerprint density at radius 3 is 1.74 bits per heavy atom. The van der Waals surface area contributed by atoms with Gasteiger partial charge in [0.2, 0.25) is 12.6 Å². The molecule has 278 valence electrons. The van der Waals surface area contributed by atoms with Gasteiger partial charge in [-0.25, -0.2) is 0 Å². The van der Waals surface area contributed by atoms with Crippen LogP contribution in [0.1, 0.15) is 129 Å². The quantitative estimate of drug-likeness (QED) is 0.114. The number of ether oxygens (including phenoxy) is 7. The smallest absolute Gasteiger partial charge is 0.414 e. The van der Waals surface area contributed by atoms with Crippen LogP contribution in [0.5, 0.6) is 0 Å². The summed E-state index contributed by atoms with van der Waals surface area (Å²) in [6.07, 6.45) is -3.46.